The molecule has 0 heterocycles. The van der Waals surface area contributed by atoms with Crippen LogP contribution in [0.1, 0.15) is 26.3 Å². The number of carbonyl (C=O) groups is 2. The van der Waals surface area contributed by atoms with Crippen LogP contribution < -0.4 is 4.74 Å². The third kappa shape index (κ3) is 5.15. The molecule has 7 heteroatoms. The van der Waals surface area contributed by atoms with Crippen molar-refractivity contribution in [1.29, 1.82) is 0 Å². The summed E-state index contributed by atoms with van der Waals surface area (Å²) < 4.78 is 5.34. The molecule has 0 atom stereocenters. The minimum absolute atomic E-state index is 0.0987. The van der Waals surface area contributed by atoms with Crippen molar-refractivity contribution < 1.29 is 19.2 Å². The fourth-order valence-electron chi connectivity index (χ4n) is 2.47. The van der Waals surface area contributed by atoms with Crippen molar-refractivity contribution in [2.75, 3.05) is 0 Å². The van der Waals surface area contributed by atoms with E-state index in [0.717, 1.165) is 5.56 Å². The molecule has 0 saturated carbocycles. The number of para-hydroxylation sites is 1. The SMILES string of the molecule is O=C(Oc1ccccc1C(=O)/C=C/c1ccc(Cl)cc1)c1ccc([N+](=O)[O-])cc1. The van der Waals surface area contributed by atoms with E-state index in [1.54, 1.807) is 48.5 Å². The fourth-order valence-corrected chi connectivity index (χ4v) is 2.60. The van der Waals surface area contributed by atoms with Crippen LogP contribution in [0.4, 0.5) is 5.69 Å². The van der Waals surface area contributed by atoms with Gasteiger partial charge in [-0.15, -0.1) is 0 Å². The lowest BCUT2D eigenvalue weighted by Gasteiger charge is -2.08. The first-order valence-corrected chi connectivity index (χ1v) is 8.85. The van der Waals surface area contributed by atoms with Gasteiger partial charge in [0, 0.05) is 17.2 Å². The first kappa shape index (κ1) is 20.0. The van der Waals surface area contributed by atoms with E-state index in [-0.39, 0.29) is 28.3 Å². The minimum Gasteiger partial charge on any atom is -0.422 e. The molecule has 6 nitrogen and oxygen atoms in total. The molecular formula is C22H14ClNO5. The first-order valence-electron chi connectivity index (χ1n) is 8.48. The Bertz CT molecular complexity index is 1090. The number of hydrogen-bond donors (Lipinski definition) is 0. The number of halogens is 1. The zero-order chi connectivity index (χ0) is 20.8. The van der Waals surface area contributed by atoms with Gasteiger partial charge in [0.15, 0.2) is 5.78 Å². The first-order chi connectivity index (χ1) is 13.9. The highest BCUT2D eigenvalue weighted by Crippen LogP contribution is 2.22. The summed E-state index contributed by atoms with van der Waals surface area (Å²) in [4.78, 5) is 35.1. The van der Waals surface area contributed by atoms with Gasteiger partial charge in [0.25, 0.3) is 5.69 Å². The minimum atomic E-state index is -0.721. The van der Waals surface area contributed by atoms with Gasteiger partial charge in [0.2, 0.25) is 0 Å². The molecule has 0 unspecified atom stereocenters. The second-order valence-corrected chi connectivity index (χ2v) is 6.38. The molecule has 0 aliphatic heterocycles. The summed E-state index contributed by atoms with van der Waals surface area (Å²) in [6.45, 7) is 0. The zero-order valence-corrected chi connectivity index (χ0v) is 15.7. The van der Waals surface area contributed by atoms with Gasteiger partial charge < -0.3 is 4.74 Å². The van der Waals surface area contributed by atoms with E-state index >= 15 is 0 Å². The van der Waals surface area contributed by atoms with Gasteiger partial charge in [-0.3, -0.25) is 14.9 Å². The molecule has 29 heavy (non-hydrogen) atoms. The Morgan fingerprint density at radius 3 is 2.24 bits per heavy atom. The predicted octanol–water partition coefficient (Wildman–Crippen LogP) is 5.36. The van der Waals surface area contributed by atoms with E-state index in [0.29, 0.717) is 5.02 Å². The summed E-state index contributed by atoms with van der Waals surface area (Å²) in [6.07, 6.45) is 3.01. The molecule has 144 valence electrons. The number of ether oxygens (including phenoxy) is 1. The van der Waals surface area contributed by atoms with Crippen molar-refractivity contribution in [3.63, 3.8) is 0 Å². The number of nitrogens with zero attached hydrogens (tertiary/aromatic N) is 1. The van der Waals surface area contributed by atoms with Crippen LogP contribution in [0.25, 0.3) is 6.08 Å². The summed E-state index contributed by atoms with van der Waals surface area (Å²) in [6, 6.07) is 18.3. The summed E-state index contributed by atoms with van der Waals surface area (Å²) >= 11 is 5.84. The fraction of sp³-hybridized carbons (Fsp3) is 0. The molecule has 0 amide bonds. The Morgan fingerprint density at radius 1 is 0.931 bits per heavy atom. The van der Waals surface area contributed by atoms with Gasteiger partial charge in [-0.25, -0.2) is 4.79 Å². The Labute approximate surface area is 171 Å². The van der Waals surface area contributed by atoms with Crippen LogP contribution in [0.2, 0.25) is 5.02 Å². The number of rotatable bonds is 6. The van der Waals surface area contributed by atoms with Gasteiger partial charge in [-0.1, -0.05) is 41.9 Å². The van der Waals surface area contributed by atoms with Crippen molar-refractivity contribution in [2.45, 2.75) is 0 Å². The Hall–Kier alpha value is -3.77. The van der Waals surface area contributed by atoms with Crippen LogP contribution in [0, 0.1) is 10.1 Å². The Kier molecular flexibility index (Phi) is 6.16. The monoisotopic (exact) mass is 407 g/mol. The summed E-state index contributed by atoms with van der Waals surface area (Å²) in [5, 5.41) is 11.3. The van der Waals surface area contributed by atoms with E-state index < -0.39 is 10.9 Å². The van der Waals surface area contributed by atoms with Crippen LogP contribution in [0.5, 0.6) is 5.75 Å². The molecule has 3 rings (SSSR count). The van der Waals surface area contributed by atoms with Crippen molar-refractivity contribution in [1.82, 2.24) is 0 Å². The Balaban J connectivity index is 1.77. The molecule has 3 aromatic rings. The van der Waals surface area contributed by atoms with Crippen LogP contribution in [-0.2, 0) is 0 Å². The maximum Gasteiger partial charge on any atom is 0.343 e. The van der Waals surface area contributed by atoms with Crippen LogP contribution >= 0.6 is 11.6 Å². The normalized spacial score (nSPS) is 10.7. The van der Waals surface area contributed by atoms with Crippen LogP contribution in [0.15, 0.2) is 78.9 Å². The van der Waals surface area contributed by atoms with Gasteiger partial charge in [0.1, 0.15) is 5.75 Å². The van der Waals surface area contributed by atoms with Crippen LogP contribution in [0.3, 0.4) is 0 Å². The van der Waals surface area contributed by atoms with Gasteiger partial charge in [-0.05, 0) is 48.0 Å². The molecule has 0 N–H and O–H groups in total. The quantitative estimate of drug-likeness (QED) is 0.137. The maximum absolute atomic E-state index is 12.6. The lowest BCUT2D eigenvalue weighted by Crippen LogP contribution is -2.11. The molecular weight excluding hydrogens is 394 g/mol. The summed E-state index contributed by atoms with van der Waals surface area (Å²) in [5.74, 6) is -0.963. The number of nitro groups is 1. The van der Waals surface area contributed by atoms with Crippen molar-refractivity contribution in [3.8, 4) is 5.75 Å². The lowest BCUT2D eigenvalue weighted by atomic mass is 10.1. The molecule has 0 fully saturated rings. The number of non-ortho nitro benzene ring substituents is 1. The largest absolute Gasteiger partial charge is 0.422 e. The molecule has 3 aromatic carbocycles. The number of carbonyl (C=O) groups excluding carboxylic acids is 2. The van der Waals surface area contributed by atoms with Gasteiger partial charge in [-0.2, -0.15) is 0 Å². The smallest absolute Gasteiger partial charge is 0.343 e. The van der Waals surface area contributed by atoms with Crippen LogP contribution in [-0.4, -0.2) is 16.7 Å². The molecule has 0 saturated heterocycles. The van der Waals surface area contributed by atoms with Crippen molar-refractivity contribution in [3.05, 3.63) is 111 Å². The van der Waals surface area contributed by atoms with E-state index in [9.17, 15) is 19.7 Å². The number of ketones is 1. The van der Waals surface area contributed by atoms with E-state index in [2.05, 4.69) is 0 Å². The standard InChI is InChI=1S/C22H14ClNO5/c23-17-10-5-15(6-11-17)7-14-20(25)19-3-1-2-4-21(19)29-22(26)16-8-12-18(13-9-16)24(27)28/h1-14H/b14-7+. The number of hydrogen-bond acceptors (Lipinski definition) is 5. The second kappa shape index (κ2) is 8.95. The maximum atomic E-state index is 12.6. The zero-order valence-electron chi connectivity index (χ0n) is 14.9. The second-order valence-electron chi connectivity index (χ2n) is 5.94. The summed E-state index contributed by atoms with van der Waals surface area (Å²) in [5.41, 5.74) is 1.01. The Morgan fingerprint density at radius 2 is 1.59 bits per heavy atom. The predicted molar refractivity (Wildman–Crippen MR) is 109 cm³/mol. The third-order valence-electron chi connectivity index (χ3n) is 3.97. The average molecular weight is 408 g/mol. The number of nitro benzene ring substituents is 1. The highest BCUT2D eigenvalue weighted by molar-refractivity contribution is 6.30. The molecule has 0 bridgehead atoms. The topological polar surface area (TPSA) is 86.5 Å². The molecule has 0 spiro atoms. The highest BCUT2D eigenvalue weighted by Gasteiger charge is 2.16. The molecule has 0 aliphatic carbocycles. The summed E-state index contributed by atoms with van der Waals surface area (Å²) in [7, 11) is 0. The lowest BCUT2D eigenvalue weighted by molar-refractivity contribution is -0.384. The van der Waals surface area contributed by atoms with E-state index in [1.807, 2.05) is 0 Å². The molecule has 0 aliphatic rings. The molecule has 0 radical (unpaired) electrons. The van der Waals surface area contributed by atoms with Gasteiger partial charge >= 0.3 is 5.97 Å². The number of benzene rings is 3. The number of esters is 1. The number of allylic oxidation sites excluding steroid dienone is 1. The van der Waals surface area contributed by atoms with E-state index in [4.69, 9.17) is 16.3 Å². The average Bonchev–Trinajstić information content (AvgIpc) is 2.73. The van der Waals surface area contributed by atoms with Crippen molar-refractivity contribution in [2.24, 2.45) is 0 Å². The molecule has 0 aromatic heterocycles. The van der Waals surface area contributed by atoms with Gasteiger partial charge in [0.05, 0.1) is 16.1 Å². The van der Waals surface area contributed by atoms with E-state index in [1.165, 1.54) is 36.4 Å². The third-order valence-corrected chi connectivity index (χ3v) is 4.22. The van der Waals surface area contributed by atoms with Crippen molar-refractivity contribution >= 4 is 35.1 Å². The highest BCUT2D eigenvalue weighted by atomic mass is 35.5.